The number of hydrogen-bond donors (Lipinski definition) is 1. The van der Waals surface area contributed by atoms with E-state index in [4.69, 9.17) is 14.2 Å². The Morgan fingerprint density at radius 2 is 1.55 bits per heavy atom. The zero-order valence-corrected chi connectivity index (χ0v) is 21.2. The van der Waals surface area contributed by atoms with Gasteiger partial charge in [-0.2, -0.15) is 0 Å². The number of carbonyl (C=O) groups is 2. The van der Waals surface area contributed by atoms with Gasteiger partial charge in [0.05, 0.1) is 35.7 Å². The molecular weight excluding hydrogens is 503 g/mol. The van der Waals surface area contributed by atoms with Gasteiger partial charge >= 0.3 is 57.4 Å². The molecule has 31 heavy (non-hydrogen) atoms. The number of carbonyl (C=O) groups excluding carboxylic acids is 2. The summed E-state index contributed by atoms with van der Waals surface area (Å²) in [5.41, 5.74) is 2.48. The Hall–Kier alpha value is -1.77. The Bertz CT molecular complexity index is 815. The van der Waals surface area contributed by atoms with E-state index in [1.165, 1.54) is 0 Å². The van der Waals surface area contributed by atoms with Crippen LogP contribution in [0, 0.1) is 6.92 Å². The molecule has 0 bridgehead atoms. The van der Waals surface area contributed by atoms with Crippen LogP contribution in [0.25, 0.3) is 0 Å². The quantitative estimate of drug-likeness (QED) is 0.208. The van der Waals surface area contributed by atoms with Gasteiger partial charge in [0.15, 0.2) is 0 Å². The van der Waals surface area contributed by atoms with Gasteiger partial charge in [-0.15, -0.1) is 0 Å². The molecule has 0 saturated heterocycles. The van der Waals surface area contributed by atoms with Crippen molar-refractivity contribution in [1.82, 2.24) is 9.97 Å². The molecule has 0 aliphatic carbocycles. The molecule has 2 rings (SSSR count). The topological polar surface area (TPSA) is 108 Å². The molecule has 2 heterocycles. The van der Waals surface area contributed by atoms with Crippen LogP contribution in [0.2, 0.25) is 0 Å². The molecule has 0 fully saturated rings. The van der Waals surface area contributed by atoms with Crippen molar-refractivity contribution in [3.8, 4) is 0 Å². The third kappa shape index (κ3) is 14.8. The van der Waals surface area contributed by atoms with Crippen molar-refractivity contribution in [3.05, 3.63) is 59.2 Å². The summed E-state index contributed by atoms with van der Waals surface area (Å²) in [4.78, 5) is 30.6. The number of esters is 2. The van der Waals surface area contributed by atoms with Gasteiger partial charge in [-0.3, -0.25) is 9.97 Å². The van der Waals surface area contributed by atoms with Crippen LogP contribution >= 0.6 is 37.9 Å². The molecule has 0 spiro atoms. The van der Waals surface area contributed by atoms with Gasteiger partial charge in [0.1, 0.15) is 0 Å². The number of alkyl halides is 1. The van der Waals surface area contributed by atoms with Crippen LogP contribution in [-0.4, -0.2) is 49.6 Å². The van der Waals surface area contributed by atoms with Crippen molar-refractivity contribution in [2.24, 2.45) is 4.30 Å². The number of aromatic nitrogens is 2. The van der Waals surface area contributed by atoms with Crippen LogP contribution < -0.4 is 0 Å². The predicted molar refractivity (Wildman–Crippen MR) is 131 cm³/mol. The maximum absolute atomic E-state index is 11.3. The fraction of sp³-hybridized carbons (Fsp3) is 0.333. The minimum atomic E-state index is -0.315. The molecule has 0 aromatic carbocycles. The Labute approximate surface area is 200 Å². The number of thiol groups is 1. The van der Waals surface area contributed by atoms with Gasteiger partial charge in [0.25, 0.3) is 0 Å². The Kier molecular flexibility index (Phi) is 21.7. The number of pyridine rings is 2. The van der Waals surface area contributed by atoms with E-state index in [0.29, 0.717) is 47.9 Å². The molecule has 0 aliphatic heterocycles. The zero-order chi connectivity index (χ0) is 24.1. The number of hydrogen-bond acceptors (Lipinski definition) is 9. The number of rotatable bonds is 5. The van der Waals surface area contributed by atoms with E-state index in [1.807, 2.05) is 9.12 Å². The van der Waals surface area contributed by atoms with Crippen molar-refractivity contribution in [1.29, 1.82) is 0 Å². The molecule has 13 heteroatoms. The van der Waals surface area contributed by atoms with Gasteiger partial charge < -0.3 is 9.47 Å². The molecule has 2 aromatic rings. The van der Waals surface area contributed by atoms with Crippen LogP contribution in [0.5, 0.6) is 0 Å². The van der Waals surface area contributed by atoms with Gasteiger partial charge in [-0.1, -0.05) is 15.9 Å². The monoisotopic (exact) mass is 526 g/mol. The Balaban J connectivity index is 0. The average Bonchev–Trinajstić information content (AvgIpc) is 2.76. The zero-order valence-electron chi connectivity index (χ0n) is 17.5. The number of nitrogens with zero attached hydrogens (tertiary/aromatic N) is 3. The molecular formula is C18H24B2BrN3O5PS. The SMILES string of the molecule is CCOC(=O)c1cccnc1C.CCOC(=O)c1cccnc1CBr.O=BP.[B]=NS. The van der Waals surface area contributed by atoms with E-state index < -0.39 is 0 Å². The first-order valence-electron chi connectivity index (χ1n) is 8.83. The number of halogens is 1. The fourth-order valence-corrected chi connectivity index (χ4v) is 2.29. The molecule has 1 atom stereocenters. The minimum absolute atomic E-state index is 0.303. The summed E-state index contributed by atoms with van der Waals surface area (Å²) in [6.07, 6.45) is 3.30. The van der Waals surface area contributed by atoms with E-state index >= 15 is 0 Å². The van der Waals surface area contributed by atoms with E-state index in [2.05, 4.69) is 50.7 Å². The van der Waals surface area contributed by atoms with Crippen LogP contribution in [0.15, 0.2) is 41.0 Å². The van der Waals surface area contributed by atoms with Crippen molar-refractivity contribution in [2.75, 3.05) is 13.2 Å². The van der Waals surface area contributed by atoms with Crippen LogP contribution in [0.4, 0.5) is 0 Å². The van der Waals surface area contributed by atoms with Crippen molar-refractivity contribution >= 4 is 64.3 Å². The molecule has 1 radical (unpaired) electrons. The third-order valence-electron chi connectivity index (χ3n) is 3.01. The molecule has 0 amide bonds. The summed E-state index contributed by atoms with van der Waals surface area (Å²) in [7, 11) is 6.23. The van der Waals surface area contributed by atoms with Crippen LogP contribution in [0.3, 0.4) is 0 Å². The first kappa shape index (κ1) is 31.4. The van der Waals surface area contributed by atoms with E-state index in [9.17, 15) is 9.59 Å². The average molecular weight is 527 g/mol. The first-order valence-corrected chi connectivity index (χ1v) is 11.0. The summed E-state index contributed by atoms with van der Waals surface area (Å²) in [6, 6.07) is 6.86. The Morgan fingerprint density at radius 3 is 1.97 bits per heavy atom. The van der Waals surface area contributed by atoms with Gasteiger partial charge in [0, 0.05) is 17.7 Å². The van der Waals surface area contributed by atoms with E-state index in [1.54, 1.807) is 57.4 Å². The summed E-state index contributed by atoms with van der Waals surface area (Å²) in [5.74, 6) is -0.617. The molecule has 165 valence electrons. The summed E-state index contributed by atoms with van der Waals surface area (Å²) >= 11 is 6.45. The van der Waals surface area contributed by atoms with E-state index in [-0.39, 0.29) is 11.9 Å². The van der Waals surface area contributed by atoms with Crippen molar-refractivity contribution in [2.45, 2.75) is 26.1 Å². The van der Waals surface area contributed by atoms with E-state index in [0.717, 1.165) is 0 Å². The molecule has 0 N–H and O–H groups in total. The molecule has 8 nitrogen and oxygen atoms in total. The molecule has 0 aliphatic rings. The second kappa shape index (κ2) is 21.5. The van der Waals surface area contributed by atoms with Gasteiger partial charge in [0.2, 0.25) is 0 Å². The number of ether oxygens (including phenoxy) is 2. The Morgan fingerprint density at radius 1 is 1.13 bits per heavy atom. The van der Waals surface area contributed by atoms with Crippen molar-refractivity contribution in [3.63, 3.8) is 0 Å². The molecule has 1 unspecified atom stereocenters. The second-order valence-corrected chi connectivity index (χ2v) is 6.02. The van der Waals surface area contributed by atoms with Crippen molar-refractivity contribution < 1.29 is 23.8 Å². The molecule has 0 saturated carbocycles. The summed E-state index contributed by atoms with van der Waals surface area (Å²) < 4.78 is 21.2. The predicted octanol–water partition coefficient (Wildman–Crippen LogP) is 3.73. The van der Waals surface area contributed by atoms with Gasteiger partial charge in [-0.25, -0.2) is 9.59 Å². The maximum atomic E-state index is 11.3. The standard InChI is InChI=1S/C9H10BrNO2.C9H11NO2.BHNS.BH2OP/c1-2-13-9(12)7-4-3-5-11-8(7)6-10;1-3-12-9(11)8-5-4-6-10-7(8)2;1-2-3;2-1-3/h3-5H,2,6H2,1H3;4-6H,3H2,1-2H3;3H;3H2. The summed E-state index contributed by atoms with van der Waals surface area (Å²) in [6.45, 7) is 6.79. The normalized spacial score (nSPS) is 8.42. The van der Waals surface area contributed by atoms with Crippen LogP contribution in [0.1, 0.15) is 46.0 Å². The third-order valence-corrected chi connectivity index (χ3v) is 3.55. The van der Waals surface area contributed by atoms with Gasteiger partial charge in [-0.05, 0) is 45.0 Å². The first-order chi connectivity index (χ1) is 14.9. The van der Waals surface area contributed by atoms with Crippen LogP contribution in [-0.2, 0) is 19.5 Å². The second-order valence-electron chi connectivity index (χ2n) is 4.96. The summed E-state index contributed by atoms with van der Waals surface area (Å²) in [5, 5.41) is 0.558. The fourth-order valence-electron chi connectivity index (χ4n) is 1.85. The molecule has 2 aromatic heterocycles. The number of aryl methyl sites for hydroxylation is 1.